The van der Waals surface area contributed by atoms with Crippen LogP contribution in [0, 0.1) is 0 Å². The topological polar surface area (TPSA) is 24.1 Å². The maximum absolute atomic E-state index is 3.58. The van der Waals surface area contributed by atoms with E-state index >= 15 is 0 Å². The van der Waals surface area contributed by atoms with Crippen LogP contribution in [0.2, 0.25) is 0 Å². The summed E-state index contributed by atoms with van der Waals surface area (Å²) in [6, 6.07) is 11.1. The first kappa shape index (κ1) is 9.53. The van der Waals surface area contributed by atoms with Crippen LogP contribution in [-0.4, -0.2) is 19.1 Å². The van der Waals surface area contributed by atoms with Gasteiger partial charge in [0.15, 0.2) is 0 Å². The fourth-order valence-corrected chi connectivity index (χ4v) is 1.93. The third-order valence-corrected chi connectivity index (χ3v) is 2.72. The molecule has 1 atom stereocenters. The van der Waals surface area contributed by atoms with Crippen molar-refractivity contribution in [1.29, 1.82) is 0 Å². The first-order valence-electron chi connectivity index (χ1n) is 5.47. The summed E-state index contributed by atoms with van der Waals surface area (Å²) in [4.78, 5) is 0. The van der Waals surface area contributed by atoms with Gasteiger partial charge in [-0.3, -0.25) is 0 Å². The van der Waals surface area contributed by atoms with Crippen LogP contribution in [0.1, 0.15) is 19.3 Å². The van der Waals surface area contributed by atoms with Gasteiger partial charge in [0.05, 0.1) is 0 Å². The lowest BCUT2D eigenvalue weighted by Crippen LogP contribution is -2.21. The Kier molecular flexibility index (Phi) is 3.41. The standard InChI is InChI=1S/C12H18N2/c1-2-5-11(6-3-1)14-12-7-4-9-13-10-8-12/h1-3,5-6,12-14H,4,7-10H2/t12-/m0/s1. The molecule has 0 unspecified atom stereocenters. The minimum Gasteiger partial charge on any atom is -0.382 e. The lowest BCUT2D eigenvalue weighted by molar-refractivity contribution is 0.637. The lowest BCUT2D eigenvalue weighted by Gasteiger charge is -2.16. The predicted molar refractivity (Wildman–Crippen MR) is 60.6 cm³/mol. The third kappa shape index (κ3) is 2.74. The van der Waals surface area contributed by atoms with Crippen molar-refractivity contribution in [2.45, 2.75) is 25.3 Å². The molecule has 76 valence electrons. The van der Waals surface area contributed by atoms with Crippen LogP contribution in [0.5, 0.6) is 0 Å². The van der Waals surface area contributed by atoms with E-state index in [1.54, 1.807) is 0 Å². The van der Waals surface area contributed by atoms with E-state index in [0.717, 1.165) is 6.54 Å². The molecule has 2 rings (SSSR count). The van der Waals surface area contributed by atoms with Crippen LogP contribution in [0.4, 0.5) is 5.69 Å². The van der Waals surface area contributed by atoms with Crippen molar-refractivity contribution in [2.24, 2.45) is 0 Å². The number of para-hydroxylation sites is 1. The molecule has 1 heterocycles. The van der Waals surface area contributed by atoms with Gasteiger partial charge in [0.2, 0.25) is 0 Å². The molecule has 2 heteroatoms. The second kappa shape index (κ2) is 5.01. The Bertz CT molecular complexity index is 250. The summed E-state index contributed by atoms with van der Waals surface area (Å²) in [5, 5.41) is 7.00. The van der Waals surface area contributed by atoms with Crippen LogP contribution in [0.3, 0.4) is 0 Å². The van der Waals surface area contributed by atoms with Gasteiger partial charge in [-0.2, -0.15) is 0 Å². The molecule has 0 aromatic heterocycles. The van der Waals surface area contributed by atoms with Gasteiger partial charge in [0, 0.05) is 11.7 Å². The van der Waals surface area contributed by atoms with E-state index < -0.39 is 0 Å². The summed E-state index contributed by atoms with van der Waals surface area (Å²) >= 11 is 0. The number of benzene rings is 1. The molecule has 1 aliphatic rings. The predicted octanol–water partition coefficient (Wildman–Crippen LogP) is 2.24. The molecule has 14 heavy (non-hydrogen) atoms. The Hall–Kier alpha value is -1.02. The highest BCUT2D eigenvalue weighted by Gasteiger charge is 2.10. The first-order chi connectivity index (χ1) is 6.95. The van der Waals surface area contributed by atoms with E-state index in [1.165, 1.54) is 31.5 Å². The van der Waals surface area contributed by atoms with Crippen molar-refractivity contribution in [1.82, 2.24) is 5.32 Å². The molecule has 0 bridgehead atoms. The van der Waals surface area contributed by atoms with E-state index in [2.05, 4.69) is 41.0 Å². The summed E-state index contributed by atoms with van der Waals surface area (Å²) in [5.74, 6) is 0. The van der Waals surface area contributed by atoms with Crippen molar-refractivity contribution in [3.8, 4) is 0 Å². The monoisotopic (exact) mass is 190 g/mol. The van der Waals surface area contributed by atoms with E-state index in [1.807, 2.05) is 0 Å². The highest BCUT2D eigenvalue weighted by atomic mass is 14.9. The molecule has 0 spiro atoms. The molecule has 1 aromatic carbocycles. The van der Waals surface area contributed by atoms with Crippen LogP contribution in [0.15, 0.2) is 30.3 Å². The normalized spacial score (nSPS) is 22.7. The average molecular weight is 190 g/mol. The van der Waals surface area contributed by atoms with E-state index in [9.17, 15) is 0 Å². The van der Waals surface area contributed by atoms with Gasteiger partial charge in [0.1, 0.15) is 0 Å². The Morgan fingerprint density at radius 1 is 1.07 bits per heavy atom. The van der Waals surface area contributed by atoms with Crippen LogP contribution in [-0.2, 0) is 0 Å². The van der Waals surface area contributed by atoms with Gasteiger partial charge in [-0.1, -0.05) is 18.2 Å². The van der Waals surface area contributed by atoms with Gasteiger partial charge in [0.25, 0.3) is 0 Å². The van der Waals surface area contributed by atoms with Gasteiger partial charge in [-0.15, -0.1) is 0 Å². The quantitative estimate of drug-likeness (QED) is 0.747. The number of anilines is 1. The average Bonchev–Trinajstić information content (AvgIpc) is 2.48. The Morgan fingerprint density at radius 2 is 1.93 bits per heavy atom. The second-order valence-corrected chi connectivity index (χ2v) is 3.89. The van der Waals surface area contributed by atoms with E-state index in [4.69, 9.17) is 0 Å². The fourth-order valence-electron chi connectivity index (χ4n) is 1.93. The summed E-state index contributed by atoms with van der Waals surface area (Å²) in [6.07, 6.45) is 3.79. The number of hydrogen-bond donors (Lipinski definition) is 2. The van der Waals surface area contributed by atoms with Crippen molar-refractivity contribution >= 4 is 5.69 Å². The minimum absolute atomic E-state index is 0.646. The van der Waals surface area contributed by atoms with Crippen molar-refractivity contribution < 1.29 is 0 Å². The molecule has 1 saturated heterocycles. The molecule has 2 N–H and O–H groups in total. The second-order valence-electron chi connectivity index (χ2n) is 3.89. The Morgan fingerprint density at radius 3 is 2.79 bits per heavy atom. The Labute approximate surface area is 85.7 Å². The molecule has 0 saturated carbocycles. The molecule has 1 aromatic rings. The number of nitrogens with one attached hydrogen (secondary N) is 2. The van der Waals surface area contributed by atoms with Crippen LogP contribution < -0.4 is 10.6 Å². The molecule has 1 aliphatic heterocycles. The molecular formula is C12H18N2. The molecule has 2 nitrogen and oxygen atoms in total. The largest absolute Gasteiger partial charge is 0.382 e. The highest BCUT2D eigenvalue weighted by Crippen LogP contribution is 2.13. The van der Waals surface area contributed by atoms with Crippen molar-refractivity contribution in [3.05, 3.63) is 30.3 Å². The fraction of sp³-hybridized carbons (Fsp3) is 0.500. The third-order valence-electron chi connectivity index (χ3n) is 2.72. The van der Waals surface area contributed by atoms with Crippen LogP contribution >= 0.6 is 0 Å². The minimum atomic E-state index is 0.646. The van der Waals surface area contributed by atoms with Gasteiger partial charge >= 0.3 is 0 Å². The number of rotatable bonds is 2. The molecule has 0 radical (unpaired) electrons. The zero-order chi connectivity index (χ0) is 9.64. The van der Waals surface area contributed by atoms with Gasteiger partial charge in [-0.25, -0.2) is 0 Å². The van der Waals surface area contributed by atoms with E-state index in [-0.39, 0.29) is 0 Å². The van der Waals surface area contributed by atoms with Crippen LogP contribution in [0.25, 0.3) is 0 Å². The molecular weight excluding hydrogens is 172 g/mol. The summed E-state index contributed by atoms with van der Waals surface area (Å²) in [5.41, 5.74) is 1.25. The molecule has 0 aliphatic carbocycles. The van der Waals surface area contributed by atoms with Gasteiger partial charge in [-0.05, 0) is 44.5 Å². The first-order valence-corrected chi connectivity index (χ1v) is 5.47. The zero-order valence-electron chi connectivity index (χ0n) is 8.50. The summed E-state index contributed by atoms with van der Waals surface area (Å²) in [6.45, 7) is 2.32. The summed E-state index contributed by atoms with van der Waals surface area (Å²) < 4.78 is 0. The smallest absolute Gasteiger partial charge is 0.0342 e. The zero-order valence-corrected chi connectivity index (χ0v) is 8.50. The molecule has 0 amide bonds. The van der Waals surface area contributed by atoms with Crippen molar-refractivity contribution in [2.75, 3.05) is 18.4 Å². The highest BCUT2D eigenvalue weighted by molar-refractivity contribution is 5.43. The maximum Gasteiger partial charge on any atom is 0.0342 e. The van der Waals surface area contributed by atoms with Crippen molar-refractivity contribution in [3.63, 3.8) is 0 Å². The number of hydrogen-bond acceptors (Lipinski definition) is 2. The summed E-state index contributed by atoms with van der Waals surface area (Å²) in [7, 11) is 0. The van der Waals surface area contributed by atoms with E-state index in [0.29, 0.717) is 6.04 Å². The maximum atomic E-state index is 3.58. The Balaban J connectivity index is 1.90. The SMILES string of the molecule is c1ccc(N[C@H]2CCCNCC2)cc1. The van der Waals surface area contributed by atoms with Gasteiger partial charge < -0.3 is 10.6 Å². The molecule has 1 fully saturated rings. The lowest BCUT2D eigenvalue weighted by atomic mass is 10.1.